The Morgan fingerprint density at radius 1 is 1.07 bits per heavy atom. The number of alkyl halides is 3. The molecule has 0 aliphatic carbocycles. The monoisotopic (exact) mass is 436 g/mol. The van der Waals surface area contributed by atoms with Crippen molar-refractivity contribution in [2.24, 2.45) is 0 Å². The van der Waals surface area contributed by atoms with Crippen LogP contribution >= 0.6 is 11.6 Å². The van der Waals surface area contributed by atoms with Crippen molar-refractivity contribution >= 4 is 34.8 Å². The molecule has 0 bridgehead atoms. The highest BCUT2D eigenvalue weighted by Gasteiger charge is 2.41. The summed E-state index contributed by atoms with van der Waals surface area (Å²) in [5.41, 5.74) is -0.0642. The van der Waals surface area contributed by atoms with E-state index < -0.39 is 34.6 Å². The van der Waals surface area contributed by atoms with Gasteiger partial charge in [-0.3, -0.25) is 9.59 Å². The molecule has 0 spiro atoms. The van der Waals surface area contributed by atoms with E-state index in [4.69, 9.17) is 11.6 Å². The van der Waals surface area contributed by atoms with Crippen LogP contribution < -0.4 is 10.2 Å². The minimum absolute atomic E-state index is 0.181. The average Bonchev–Trinajstić information content (AvgIpc) is 3.31. The molecular weight excluding hydrogens is 425 g/mol. The van der Waals surface area contributed by atoms with Gasteiger partial charge >= 0.3 is 6.18 Å². The predicted molar refractivity (Wildman–Crippen MR) is 100 cm³/mol. The summed E-state index contributed by atoms with van der Waals surface area (Å²) in [6.07, 6.45) is -3.49. The number of benzene rings is 2. The normalized spacial score (nSPS) is 16.9. The minimum Gasteiger partial charge on any atom is -0.373 e. The number of halogens is 4. The van der Waals surface area contributed by atoms with E-state index in [-0.39, 0.29) is 12.1 Å². The highest BCUT2D eigenvalue weighted by atomic mass is 35.5. The summed E-state index contributed by atoms with van der Waals surface area (Å²) in [5.74, 6) is -1.27. The van der Waals surface area contributed by atoms with Crippen molar-refractivity contribution in [3.63, 3.8) is 0 Å². The molecule has 3 aromatic rings. The van der Waals surface area contributed by atoms with Gasteiger partial charge in [0.05, 0.1) is 28.4 Å². The number of carbonyl (C=O) groups is 2. The summed E-state index contributed by atoms with van der Waals surface area (Å²) in [7, 11) is 0. The van der Waals surface area contributed by atoms with E-state index in [9.17, 15) is 22.8 Å². The number of hydrogen-bond donors (Lipinski definition) is 1. The van der Waals surface area contributed by atoms with E-state index in [1.165, 1.54) is 17.1 Å². The van der Waals surface area contributed by atoms with E-state index in [0.29, 0.717) is 17.4 Å². The standard InChI is InChI=1S/C18H12ClF3N6O2/c19-14-6-5-12(7-13(14)18(20,21)22)28-16(29)8-15(17(28)30)24-10-1-3-11(4-2-10)27-9-23-25-26-27/h1-7,9,15,24H,8H2. The molecule has 0 radical (unpaired) electrons. The third-order valence-electron chi connectivity index (χ3n) is 4.48. The number of tetrazole rings is 1. The molecule has 1 aliphatic rings. The number of rotatable bonds is 4. The molecule has 30 heavy (non-hydrogen) atoms. The predicted octanol–water partition coefficient (Wildman–Crippen LogP) is 3.08. The van der Waals surface area contributed by atoms with Crippen LogP contribution in [0, 0.1) is 0 Å². The van der Waals surface area contributed by atoms with Crippen LogP contribution in [-0.2, 0) is 15.8 Å². The first-order valence-corrected chi connectivity index (χ1v) is 8.95. The van der Waals surface area contributed by atoms with Crippen molar-refractivity contribution in [1.29, 1.82) is 0 Å². The third-order valence-corrected chi connectivity index (χ3v) is 4.81. The summed E-state index contributed by atoms with van der Waals surface area (Å²) >= 11 is 5.61. The van der Waals surface area contributed by atoms with Gasteiger partial charge < -0.3 is 5.32 Å². The molecule has 1 fully saturated rings. The Morgan fingerprint density at radius 2 is 1.77 bits per heavy atom. The number of amides is 2. The molecular formula is C18H12ClF3N6O2. The lowest BCUT2D eigenvalue weighted by molar-refractivity contribution is -0.137. The number of nitrogens with zero attached hydrogens (tertiary/aromatic N) is 5. The van der Waals surface area contributed by atoms with Crippen LogP contribution in [0.4, 0.5) is 24.5 Å². The molecule has 2 amide bonds. The molecule has 154 valence electrons. The minimum atomic E-state index is -4.71. The van der Waals surface area contributed by atoms with Crippen molar-refractivity contribution in [1.82, 2.24) is 20.2 Å². The van der Waals surface area contributed by atoms with E-state index >= 15 is 0 Å². The van der Waals surface area contributed by atoms with Gasteiger partial charge in [-0.25, -0.2) is 9.58 Å². The van der Waals surface area contributed by atoms with Crippen molar-refractivity contribution in [2.45, 2.75) is 18.6 Å². The number of nitrogens with one attached hydrogen (secondary N) is 1. The quantitative estimate of drug-likeness (QED) is 0.632. The zero-order chi connectivity index (χ0) is 21.5. The molecule has 4 rings (SSSR count). The van der Waals surface area contributed by atoms with Gasteiger partial charge in [-0.15, -0.1) is 5.10 Å². The molecule has 1 saturated heterocycles. The molecule has 2 heterocycles. The van der Waals surface area contributed by atoms with E-state index in [1.807, 2.05) is 0 Å². The highest BCUT2D eigenvalue weighted by Crippen LogP contribution is 2.38. The summed E-state index contributed by atoms with van der Waals surface area (Å²) in [5, 5.41) is 13.2. The van der Waals surface area contributed by atoms with Crippen LogP contribution in [0.1, 0.15) is 12.0 Å². The van der Waals surface area contributed by atoms with Gasteiger partial charge in [-0.2, -0.15) is 13.2 Å². The van der Waals surface area contributed by atoms with E-state index in [0.717, 1.165) is 11.0 Å². The van der Waals surface area contributed by atoms with Crippen molar-refractivity contribution in [3.8, 4) is 5.69 Å². The Balaban J connectivity index is 1.53. The summed E-state index contributed by atoms with van der Waals surface area (Å²) in [6.45, 7) is 0. The fraction of sp³-hybridized carbons (Fsp3) is 0.167. The van der Waals surface area contributed by atoms with Gasteiger partial charge in [-0.05, 0) is 52.9 Å². The van der Waals surface area contributed by atoms with Crippen LogP contribution in [0.5, 0.6) is 0 Å². The Labute approximate surface area is 172 Å². The van der Waals surface area contributed by atoms with Gasteiger partial charge in [0.2, 0.25) is 5.91 Å². The van der Waals surface area contributed by atoms with Crippen molar-refractivity contribution < 1.29 is 22.8 Å². The maximum absolute atomic E-state index is 13.1. The second-order valence-corrected chi connectivity index (χ2v) is 6.84. The Bertz CT molecular complexity index is 1100. The molecule has 0 saturated carbocycles. The number of hydrogen-bond acceptors (Lipinski definition) is 6. The maximum atomic E-state index is 13.1. The molecule has 2 aromatic carbocycles. The van der Waals surface area contributed by atoms with Gasteiger partial charge in [0.25, 0.3) is 5.91 Å². The molecule has 1 aliphatic heterocycles. The molecule has 8 nitrogen and oxygen atoms in total. The van der Waals surface area contributed by atoms with Crippen molar-refractivity contribution in [2.75, 3.05) is 10.2 Å². The fourth-order valence-electron chi connectivity index (χ4n) is 3.08. The number of aromatic nitrogens is 4. The zero-order valence-corrected chi connectivity index (χ0v) is 15.7. The zero-order valence-electron chi connectivity index (χ0n) is 15.0. The second-order valence-electron chi connectivity index (χ2n) is 6.43. The van der Waals surface area contributed by atoms with Gasteiger partial charge in [0, 0.05) is 5.69 Å². The molecule has 1 unspecified atom stereocenters. The molecule has 1 atom stereocenters. The smallest absolute Gasteiger partial charge is 0.373 e. The van der Waals surface area contributed by atoms with Crippen LogP contribution in [0.25, 0.3) is 5.69 Å². The third kappa shape index (κ3) is 3.71. The first-order chi connectivity index (χ1) is 14.2. The Hall–Kier alpha value is -3.47. The SMILES string of the molecule is O=C1CC(Nc2ccc(-n3cnnn3)cc2)C(=O)N1c1ccc(Cl)c(C(F)(F)F)c1. The lowest BCUT2D eigenvalue weighted by Gasteiger charge is -2.18. The molecule has 1 N–H and O–H groups in total. The van der Waals surface area contributed by atoms with E-state index in [2.05, 4.69) is 20.8 Å². The number of anilines is 2. The highest BCUT2D eigenvalue weighted by molar-refractivity contribution is 6.31. The second kappa shape index (κ2) is 7.41. The van der Waals surface area contributed by atoms with Gasteiger partial charge in [0.1, 0.15) is 12.4 Å². The van der Waals surface area contributed by atoms with Gasteiger partial charge in [0.15, 0.2) is 0 Å². The lowest BCUT2D eigenvalue weighted by Crippen LogP contribution is -2.35. The summed E-state index contributed by atoms with van der Waals surface area (Å²) in [4.78, 5) is 25.8. The first-order valence-electron chi connectivity index (χ1n) is 8.57. The lowest BCUT2D eigenvalue weighted by atomic mass is 10.1. The Kier molecular flexibility index (Phi) is 4.90. The summed E-state index contributed by atoms with van der Waals surface area (Å²) < 4.78 is 40.8. The number of imide groups is 1. The van der Waals surface area contributed by atoms with Crippen LogP contribution in [0.15, 0.2) is 48.8 Å². The maximum Gasteiger partial charge on any atom is 0.417 e. The topological polar surface area (TPSA) is 93.0 Å². The number of carbonyl (C=O) groups excluding carboxylic acids is 2. The Morgan fingerprint density at radius 3 is 2.40 bits per heavy atom. The van der Waals surface area contributed by atoms with Gasteiger partial charge in [-0.1, -0.05) is 11.6 Å². The molecule has 12 heteroatoms. The first kappa shape index (κ1) is 19.8. The largest absolute Gasteiger partial charge is 0.417 e. The molecule has 1 aromatic heterocycles. The average molecular weight is 437 g/mol. The van der Waals surface area contributed by atoms with Crippen LogP contribution in [0.3, 0.4) is 0 Å². The fourth-order valence-corrected chi connectivity index (χ4v) is 3.30. The van der Waals surface area contributed by atoms with Crippen molar-refractivity contribution in [3.05, 3.63) is 59.4 Å². The van der Waals surface area contributed by atoms with Crippen LogP contribution in [0.2, 0.25) is 5.02 Å². The van der Waals surface area contributed by atoms with E-state index in [1.54, 1.807) is 24.3 Å². The summed E-state index contributed by atoms with van der Waals surface area (Å²) in [6, 6.07) is 8.74. The van der Waals surface area contributed by atoms with Crippen LogP contribution in [-0.4, -0.2) is 38.1 Å².